The molecule has 0 saturated heterocycles. The summed E-state index contributed by atoms with van der Waals surface area (Å²) in [6, 6.07) is 15.2. The van der Waals surface area contributed by atoms with Gasteiger partial charge in [0.25, 0.3) is 0 Å². The number of nitrogens with one attached hydrogen (secondary N) is 4. The molecule has 2 aliphatic rings. The number of pyridine rings is 2. The second-order valence-electron chi connectivity index (χ2n) is 14.6. The van der Waals surface area contributed by atoms with Crippen LogP contribution in [0.5, 0.6) is 23.0 Å². The highest BCUT2D eigenvalue weighted by molar-refractivity contribution is 5.90. The lowest BCUT2D eigenvalue weighted by molar-refractivity contribution is 0.244. The van der Waals surface area contributed by atoms with E-state index in [-0.39, 0.29) is 35.5 Å². The average molecular weight is 805 g/mol. The van der Waals surface area contributed by atoms with Gasteiger partial charge in [0.1, 0.15) is 34.6 Å². The van der Waals surface area contributed by atoms with Crippen LogP contribution in [0.25, 0.3) is 22.5 Å². The number of urea groups is 2. The summed E-state index contributed by atoms with van der Waals surface area (Å²) in [5.41, 5.74) is 3.35. The Labute approximate surface area is 340 Å². The van der Waals surface area contributed by atoms with Gasteiger partial charge in [0.05, 0.1) is 35.2 Å². The molecule has 4 heterocycles. The van der Waals surface area contributed by atoms with Crippen molar-refractivity contribution >= 4 is 23.4 Å². The van der Waals surface area contributed by atoms with Crippen molar-refractivity contribution in [1.29, 1.82) is 0 Å². The van der Waals surface area contributed by atoms with Crippen molar-refractivity contribution in [2.75, 3.05) is 10.6 Å². The van der Waals surface area contributed by atoms with Crippen LogP contribution in [0, 0.1) is 11.6 Å². The molecule has 0 bridgehead atoms. The number of anilines is 2. The molecule has 2 saturated carbocycles. The molecule has 59 heavy (non-hydrogen) atoms. The fourth-order valence-corrected chi connectivity index (χ4v) is 6.97. The molecule has 2 fully saturated rings. The van der Waals surface area contributed by atoms with Crippen molar-refractivity contribution in [2.45, 2.75) is 69.9 Å². The normalized spacial score (nSPS) is 14.2. The van der Waals surface area contributed by atoms with E-state index in [0.717, 1.165) is 62.5 Å². The Balaban J connectivity index is 0.000000179. The maximum atomic E-state index is 14.5. The molecule has 306 valence electrons. The zero-order chi connectivity index (χ0) is 41.1. The number of rotatable bonds is 10. The predicted octanol–water partition coefficient (Wildman–Crippen LogP) is 9.35. The number of aryl methyl sites for hydroxylation is 2. The number of hydrogen-bond acceptors (Lipinski definition) is 8. The molecular formula is C43H46F2N10O4. The summed E-state index contributed by atoms with van der Waals surface area (Å²) in [6.45, 7) is 0. The van der Waals surface area contributed by atoms with Crippen LogP contribution in [0.3, 0.4) is 0 Å². The summed E-state index contributed by atoms with van der Waals surface area (Å²) in [5.74, 6) is 0.581. The zero-order valence-electron chi connectivity index (χ0n) is 32.8. The van der Waals surface area contributed by atoms with Crippen LogP contribution < -0.4 is 30.7 Å². The van der Waals surface area contributed by atoms with Crippen LogP contribution in [0.1, 0.15) is 57.8 Å². The molecule has 0 aliphatic heterocycles. The highest BCUT2D eigenvalue weighted by Gasteiger charge is 2.19. The molecular weight excluding hydrogens is 759 g/mol. The van der Waals surface area contributed by atoms with E-state index >= 15 is 0 Å². The molecule has 0 spiro atoms. The minimum absolute atomic E-state index is 0.110. The van der Waals surface area contributed by atoms with Crippen molar-refractivity contribution in [3.8, 4) is 45.5 Å². The highest BCUT2D eigenvalue weighted by Crippen LogP contribution is 2.30. The van der Waals surface area contributed by atoms with E-state index in [2.05, 4.69) is 41.4 Å². The van der Waals surface area contributed by atoms with E-state index in [1.807, 2.05) is 26.5 Å². The third-order valence-corrected chi connectivity index (χ3v) is 9.94. The van der Waals surface area contributed by atoms with Crippen LogP contribution in [-0.4, -0.2) is 53.7 Å². The highest BCUT2D eigenvalue weighted by atomic mass is 19.1. The molecule has 14 nitrogen and oxygen atoms in total. The standard InChI is InChI=1S/C22H24FN5O2.C21H22FN5O2/c1-28-14-15(13-25-28)21-12-18(9-10-24-21)30-17-7-8-20(19(23)11-17)27-22(29)26-16-5-3-2-4-6-16;1-27-13-14(12-24-27)20-11-17(8-9-23-20)29-16-6-7-19(18(22)10-16)26-21(28)25-15-4-2-3-5-15/h7-14,16H,2-6H2,1H3,(H2,26,27,29);6-13,15H,2-5H2,1H3,(H2,25,26,28). The Hall–Kier alpha value is -6.84. The third-order valence-electron chi connectivity index (χ3n) is 9.94. The number of nitrogens with zero attached hydrogens (tertiary/aromatic N) is 6. The molecule has 0 radical (unpaired) electrons. The fourth-order valence-electron chi connectivity index (χ4n) is 6.97. The number of carbonyl (C=O) groups is 2. The molecule has 4 amide bonds. The van der Waals surface area contributed by atoms with E-state index in [4.69, 9.17) is 9.47 Å². The number of benzene rings is 2. The van der Waals surface area contributed by atoms with Gasteiger partial charge in [-0.2, -0.15) is 10.2 Å². The number of amides is 4. The third kappa shape index (κ3) is 11.4. The van der Waals surface area contributed by atoms with E-state index in [0.29, 0.717) is 34.4 Å². The van der Waals surface area contributed by atoms with Crippen molar-refractivity contribution in [2.24, 2.45) is 14.1 Å². The molecule has 16 heteroatoms. The number of hydrogen-bond donors (Lipinski definition) is 4. The summed E-state index contributed by atoms with van der Waals surface area (Å²) in [4.78, 5) is 32.8. The molecule has 2 aliphatic carbocycles. The maximum absolute atomic E-state index is 14.5. The summed E-state index contributed by atoms with van der Waals surface area (Å²) >= 11 is 0. The predicted molar refractivity (Wildman–Crippen MR) is 219 cm³/mol. The van der Waals surface area contributed by atoms with Gasteiger partial charge in [-0.05, 0) is 62.1 Å². The molecule has 4 aromatic heterocycles. The monoisotopic (exact) mass is 804 g/mol. The van der Waals surface area contributed by atoms with Gasteiger partial charge in [-0.15, -0.1) is 0 Å². The summed E-state index contributed by atoms with van der Waals surface area (Å²) in [5, 5.41) is 19.2. The van der Waals surface area contributed by atoms with Crippen molar-refractivity contribution in [3.63, 3.8) is 0 Å². The fraction of sp³-hybridized carbons (Fsp3) is 0.302. The largest absolute Gasteiger partial charge is 0.457 e. The van der Waals surface area contributed by atoms with Gasteiger partial charge >= 0.3 is 12.1 Å². The molecule has 4 N–H and O–H groups in total. The Kier molecular flexibility index (Phi) is 13.0. The van der Waals surface area contributed by atoms with Crippen LogP contribution >= 0.6 is 0 Å². The number of carbonyl (C=O) groups excluding carboxylic acids is 2. The van der Waals surface area contributed by atoms with E-state index in [1.54, 1.807) is 70.5 Å². The van der Waals surface area contributed by atoms with Gasteiger partial charge in [0.2, 0.25) is 0 Å². The summed E-state index contributed by atoms with van der Waals surface area (Å²) in [7, 11) is 3.66. The van der Waals surface area contributed by atoms with Gasteiger partial charge in [0.15, 0.2) is 0 Å². The Morgan fingerprint density at radius 1 is 0.593 bits per heavy atom. The Morgan fingerprint density at radius 3 is 1.39 bits per heavy atom. The number of halogens is 2. The quantitative estimate of drug-likeness (QED) is 0.107. The first kappa shape index (κ1) is 40.4. The molecule has 8 rings (SSSR count). The first-order valence-electron chi connectivity index (χ1n) is 19.6. The minimum atomic E-state index is -0.564. The summed E-state index contributed by atoms with van der Waals surface area (Å²) < 4.78 is 43.8. The zero-order valence-corrected chi connectivity index (χ0v) is 32.8. The average Bonchev–Trinajstić information content (AvgIpc) is 4.01. The molecule has 6 aromatic rings. The second-order valence-corrected chi connectivity index (χ2v) is 14.6. The van der Waals surface area contributed by atoms with Gasteiger partial charge in [-0.25, -0.2) is 18.4 Å². The minimum Gasteiger partial charge on any atom is -0.457 e. The van der Waals surface area contributed by atoms with Crippen molar-refractivity contribution in [1.82, 2.24) is 40.2 Å². The summed E-state index contributed by atoms with van der Waals surface area (Å²) in [6.07, 6.45) is 19.9. The molecule has 0 unspecified atom stereocenters. The van der Waals surface area contributed by atoms with E-state index in [1.165, 1.54) is 30.7 Å². The van der Waals surface area contributed by atoms with Crippen LogP contribution in [-0.2, 0) is 14.1 Å². The van der Waals surface area contributed by atoms with Gasteiger partial charge in [-0.1, -0.05) is 32.1 Å². The Morgan fingerprint density at radius 2 is 1.00 bits per heavy atom. The van der Waals surface area contributed by atoms with Crippen molar-refractivity contribution in [3.05, 3.63) is 109 Å². The maximum Gasteiger partial charge on any atom is 0.319 e. The van der Waals surface area contributed by atoms with Crippen LogP contribution in [0.2, 0.25) is 0 Å². The van der Waals surface area contributed by atoms with Crippen LogP contribution in [0.4, 0.5) is 29.7 Å². The Bertz CT molecular complexity index is 2370. The lowest BCUT2D eigenvalue weighted by Crippen LogP contribution is -2.39. The van der Waals surface area contributed by atoms with E-state index in [9.17, 15) is 18.4 Å². The van der Waals surface area contributed by atoms with Crippen LogP contribution in [0.15, 0.2) is 97.8 Å². The lowest BCUT2D eigenvalue weighted by atomic mass is 9.96. The van der Waals surface area contributed by atoms with Gasteiger partial charge in [-0.3, -0.25) is 19.3 Å². The smallest absolute Gasteiger partial charge is 0.319 e. The number of ether oxygens (including phenoxy) is 2. The second kappa shape index (κ2) is 19.1. The SMILES string of the molecule is Cn1cc(-c2cc(Oc3ccc(NC(=O)NC4CCCC4)c(F)c3)ccn2)cn1.Cn1cc(-c2cc(Oc3ccc(NC(=O)NC4CCCCC4)c(F)c3)ccn2)cn1. The van der Waals surface area contributed by atoms with Crippen molar-refractivity contribution < 1.29 is 27.8 Å². The van der Waals surface area contributed by atoms with Gasteiger partial charge in [0, 0.05) is 86.4 Å². The first-order chi connectivity index (χ1) is 28.6. The lowest BCUT2D eigenvalue weighted by Gasteiger charge is -2.23. The molecule has 2 aromatic carbocycles. The van der Waals surface area contributed by atoms with Gasteiger partial charge < -0.3 is 30.7 Å². The topological polar surface area (TPSA) is 162 Å². The van der Waals surface area contributed by atoms with E-state index < -0.39 is 11.6 Å². The molecule has 0 atom stereocenters. The first-order valence-corrected chi connectivity index (χ1v) is 19.6. The number of aromatic nitrogens is 6.